The van der Waals surface area contributed by atoms with Crippen LogP contribution in [0.5, 0.6) is 5.75 Å². The monoisotopic (exact) mass is 386 g/mol. The quantitative estimate of drug-likeness (QED) is 0.527. The van der Waals surface area contributed by atoms with Crippen molar-refractivity contribution in [3.8, 4) is 5.75 Å². The molecule has 0 spiro atoms. The molecule has 0 saturated heterocycles. The molecule has 0 N–H and O–H groups in total. The summed E-state index contributed by atoms with van der Waals surface area (Å²) in [5.74, 6) is -0.245. The van der Waals surface area contributed by atoms with E-state index in [9.17, 15) is 8.78 Å². The molecule has 4 heteroatoms. The van der Waals surface area contributed by atoms with E-state index in [-0.39, 0.29) is 5.75 Å². The molecule has 150 valence electrons. The number of hydrogen-bond donors (Lipinski definition) is 0. The first-order valence-electron chi connectivity index (χ1n) is 10.1. The molecule has 1 unspecified atom stereocenters. The van der Waals surface area contributed by atoms with Gasteiger partial charge in [-0.1, -0.05) is 37.3 Å². The third-order valence-electron chi connectivity index (χ3n) is 5.16. The van der Waals surface area contributed by atoms with Gasteiger partial charge < -0.3 is 9.47 Å². The number of allylic oxidation sites excluding steroid dienone is 2. The van der Waals surface area contributed by atoms with Gasteiger partial charge in [0, 0.05) is 12.3 Å². The van der Waals surface area contributed by atoms with Crippen LogP contribution in [0.4, 0.5) is 8.78 Å². The molecule has 1 atom stereocenters. The highest BCUT2D eigenvalue weighted by Crippen LogP contribution is 2.28. The van der Waals surface area contributed by atoms with E-state index in [0.717, 1.165) is 37.2 Å². The molecule has 0 radical (unpaired) electrons. The van der Waals surface area contributed by atoms with Crippen LogP contribution >= 0.6 is 0 Å². The van der Waals surface area contributed by atoms with E-state index < -0.39 is 11.6 Å². The van der Waals surface area contributed by atoms with Gasteiger partial charge in [-0.05, 0) is 61.4 Å². The van der Waals surface area contributed by atoms with Crippen LogP contribution in [0.2, 0.25) is 0 Å². The van der Waals surface area contributed by atoms with E-state index in [4.69, 9.17) is 9.47 Å². The third kappa shape index (κ3) is 4.92. The van der Waals surface area contributed by atoms with Gasteiger partial charge in [-0.25, -0.2) is 4.39 Å². The van der Waals surface area contributed by atoms with E-state index in [1.54, 1.807) is 13.0 Å². The number of rotatable bonds is 8. The minimum atomic E-state index is -0.900. The van der Waals surface area contributed by atoms with Gasteiger partial charge in [0.2, 0.25) is 5.82 Å². The number of ether oxygens (including phenoxy) is 2. The Labute approximate surface area is 166 Å². The Balaban J connectivity index is 1.59. The van der Waals surface area contributed by atoms with Crippen molar-refractivity contribution in [2.75, 3.05) is 13.2 Å². The number of benzene rings is 2. The maximum atomic E-state index is 14.2. The molecule has 1 aliphatic rings. The molecule has 2 aromatic rings. The molecule has 0 bridgehead atoms. The molecule has 0 saturated carbocycles. The molecule has 0 fully saturated rings. The standard InChI is InChI=1S/C24H28F2O2/c1-3-5-21-14-12-20(16-28-21)18-9-6-17(7-10-18)8-11-19-13-15-22(27-4-2)24(26)23(19)25/h6-7,9-10,13-15,20H,3-5,8,11-12,16H2,1-2H3. The lowest BCUT2D eigenvalue weighted by Gasteiger charge is -2.23. The lowest BCUT2D eigenvalue weighted by Crippen LogP contribution is -2.12. The molecule has 0 aromatic heterocycles. The average molecular weight is 386 g/mol. The van der Waals surface area contributed by atoms with Gasteiger partial charge >= 0.3 is 0 Å². The van der Waals surface area contributed by atoms with Crippen LogP contribution < -0.4 is 4.74 Å². The Morgan fingerprint density at radius 1 is 0.964 bits per heavy atom. The van der Waals surface area contributed by atoms with E-state index in [2.05, 4.69) is 37.3 Å². The van der Waals surface area contributed by atoms with Crippen molar-refractivity contribution in [2.45, 2.75) is 51.9 Å². The molecule has 2 nitrogen and oxygen atoms in total. The van der Waals surface area contributed by atoms with Crippen LogP contribution in [0.15, 0.2) is 48.2 Å². The van der Waals surface area contributed by atoms with Crippen molar-refractivity contribution in [1.29, 1.82) is 0 Å². The van der Waals surface area contributed by atoms with E-state index >= 15 is 0 Å². The van der Waals surface area contributed by atoms with E-state index in [1.807, 2.05) is 0 Å². The highest BCUT2D eigenvalue weighted by Gasteiger charge is 2.17. The zero-order valence-electron chi connectivity index (χ0n) is 16.6. The van der Waals surface area contributed by atoms with Crippen molar-refractivity contribution < 1.29 is 18.3 Å². The smallest absolute Gasteiger partial charge is 0.200 e. The summed E-state index contributed by atoms with van der Waals surface area (Å²) >= 11 is 0. The molecule has 0 amide bonds. The summed E-state index contributed by atoms with van der Waals surface area (Å²) in [6, 6.07) is 11.5. The molecule has 28 heavy (non-hydrogen) atoms. The SMILES string of the molecule is CCCC1=CCC(c2ccc(CCc3ccc(OCC)c(F)c3F)cc2)CO1. The maximum Gasteiger partial charge on any atom is 0.200 e. The van der Waals surface area contributed by atoms with Crippen LogP contribution in [-0.4, -0.2) is 13.2 Å². The van der Waals surface area contributed by atoms with Crippen molar-refractivity contribution in [3.05, 3.63) is 76.6 Å². The summed E-state index contributed by atoms with van der Waals surface area (Å²) in [7, 11) is 0. The third-order valence-corrected chi connectivity index (χ3v) is 5.16. The van der Waals surface area contributed by atoms with Crippen molar-refractivity contribution in [2.24, 2.45) is 0 Å². The number of hydrogen-bond acceptors (Lipinski definition) is 2. The Kier molecular flexibility index (Phi) is 7.07. The normalized spacial score (nSPS) is 16.4. The second-order valence-corrected chi connectivity index (χ2v) is 7.19. The van der Waals surface area contributed by atoms with Crippen LogP contribution in [0.25, 0.3) is 0 Å². The van der Waals surface area contributed by atoms with Gasteiger partial charge in [-0.2, -0.15) is 4.39 Å². The lowest BCUT2D eigenvalue weighted by atomic mass is 9.93. The topological polar surface area (TPSA) is 18.5 Å². The Morgan fingerprint density at radius 2 is 1.75 bits per heavy atom. The van der Waals surface area contributed by atoms with Crippen molar-refractivity contribution in [3.63, 3.8) is 0 Å². The molecular formula is C24H28F2O2. The fourth-order valence-electron chi connectivity index (χ4n) is 3.53. The number of halogens is 2. The zero-order valence-corrected chi connectivity index (χ0v) is 16.6. The second kappa shape index (κ2) is 9.72. The van der Waals surface area contributed by atoms with Crippen LogP contribution in [0.1, 0.15) is 55.7 Å². The summed E-state index contributed by atoms with van der Waals surface area (Å²) in [6.07, 6.45) is 6.43. The number of aryl methyl sites for hydroxylation is 2. The maximum absolute atomic E-state index is 14.2. The van der Waals surface area contributed by atoms with Crippen molar-refractivity contribution in [1.82, 2.24) is 0 Å². The highest BCUT2D eigenvalue weighted by atomic mass is 19.2. The summed E-state index contributed by atoms with van der Waals surface area (Å²) in [6.45, 7) is 4.93. The Hall–Kier alpha value is -2.36. The van der Waals surface area contributed by atoms with Gasteiger partial charge in [0.25, 0.3) is 0 Å². The predicted octanol–water partition coefficient (Wildman–Crippen LogP) is 6.34. The zero-order chi connectivity index (χ0) is 19.9. The van der Waals surface area contributed by atoms with Crippen molar-refractivity contribution >= 4 is 0 Å². The molecule has 1 aliphatic heterocycles. The summed E-state index contributed by atoms with van der Waals surface area (Å²) in [5.41, 5.74) is 2.74. The Morgan fingerprint density at radius 3 is 2.39 bits per heavy atom. The first-order chi connectivity index (χ1) is 13.6. The predicted molar refractivity (Wildman–Crippen MR) is 108 cm³/mol. The van der Waals surface area contributed by atoms with Crippen LogP contribution in [0.3, 0.4) is 0 Å². The molecule has 3 rings (SSSR count). The van der Waals surface area contributed by atoms with Gasteiger partial charge in [0.05, 0.1) is 19.0 Å². The molecule has 0 aliphatic carbocycles. The van der Waals surface area contributed by atoms with Gasteiger partial charge in [-0.15, -0.1) is 0 Å². The Bertz CT molecular complexity index is 812. The summed E-state index contributed by atoms with van der Waals surface area (Å²) in [4.78, 5) is 0. The van der Waals surface area contributed by atoms with Gasteiger partial charge in [0.1, 0.15) is 0 Å². The fraction of sp³-hybridized carbons (Fsp3) is 0.417. The summed E-state index contributed by atoms with van der Waals surface area (Å²) in [5, 5.41) is 0. The molecule has 1 heterocycles. The van der Waals surface area contributed by atoms with Gasteiger partial charge in [0.15, 0.2) is 11.6 Å². The van der Waals surface area contributed by atoms with Gasteiger partial charge in [-0.3, -0.25) is 0 Å². The summed E-state index contributed by atoms with van der Waals surface area (Å²) < 4.78 is 39.1. The first-order valence-corrected chi connectivity index (χ1v) is 10.1. The molecule has 2 aromatic carbocycles. The lowest BCUT2D eigenvalue weighted by molar-refractivity contribution is 0.166. The fourth-order valence-corrected chi connectivity index (χ4v) is 3.53. The highest BCUT2D eigenvalue weighted by molar-refractivity contribution is 5.32. The van der Waals surface area contributed by atoms with E-state index in [1.165, 1.54) is 11.6 Å². The minimum Gasteiger partial charge on any atom is -0.498 e. The van der Waals surface area contributed by atoms with Crippen LogP contribution in [0, 0.1) is 11.6 Å². The van der Waals surface area contributed by atoms with E-state index in [0.29, 0.717) is 30.9 Å². The largest absolute Gasteiger partial charge is 0.498 e. The van der Waals surface area contributed by atoms with Crippen LogP contribution in [-0.2, 0) is 17.6 Å². The first kappa shape index (κ1) is 20.4. The molecular weight excluding hydrogens is 358 g/mol. The minimum absolute atomic E-state index is 0.0288. The second-order valence-electron chi connectivity index (χ2n) is 7.19. The average Bonchev–Trinajstić information content (AvgIpc) is 2.72.